The summed E-state index contributed by atoms with van der Waals surface area (Å²) in [4.78, 5) is 13.6. The molecule has 0 aromatic rings. The minimum atomic E-state index is -0.206. The number of β-lactam (4-membered cyclic amide) rings is 1. The monoisotopic (exact) mass is 210 g/mol. The lowest BCUT2D eigenvalue weighted by atomic mass is 9.81. The van der Waals surface area contributed by atoms with Crippen LogP contribution < -0.4 is 5.73 Å². The molecule has 0 aromatic carbocycles. The SMILES string of the molecule is CCC(C1CCCCC1)N1CC(N)C1=O. The van der Waals surface area contributed by atoms with Gasteiger partial charge in [-0.15, -0.1) is 0 Å². The molecule has 1 saturated heterocycles. The van der Waals surface area contributed by atoms with Crippen molar-refractivity contribution in [1.82, 2.24) is 4.90 Å². The molecule has 1 aliphatic carbocycles. The van der Waals surface area contributed by atoms with Crippen LogP contribution in [0.25, 0.3) is 0 Å². The second-order valence-electron chi connectivity index (χ2n) is 4.97. The van der Waals surface area contributed by atoms with Gasteiger partial charge in [0.25, 0.3) is 0 Å². The molecule has 3 heteroatoms. The smallest absolute Gasteiger partial charge is 0.241 e. The largest absolute Gasteiger partial charge is 0.336 e. The van der Waals surface area contributed by atoms with E-state index in [2.05, 4.69) is 6.92 Å². The Hall–Kier alpha value is -0.570. The molecule has 2 unspecified atom stereocenters. The Morgan fingerprint density at radius 3 is 2.53 bits per heavy atom. The van der Waals surface area contributed by atoms with E-state index in [1.165, 1.54) is 32.1 Å². The van der Waals surface area contributed by atoms with Gasteiger partial charge in [-0.3, -0.25) is 4.79 Å². The van der Waals surface area contributed by atoms with E-state index in [9.17, 15) is 4.79 Å². The van der Waals surface area contributed by atoms with Gasteiger partial charge in [-0.2, -0.15) is 0 Å². The Labute approximate surface area is 92.0 Å². The molecule has 15 heavy (non-hydrogen) atoms. The van der Waals surface area contributed by atoms with Crippen molar-refractivity contribution in [3.05, 3.63) is 0 Å². The van der Waals surface area contributed by atoms with Gasteiger partial charge in [-0.25, -0.2) is 0 Å². The Morgan fingerprint density at radius 1 is 1.40 bits per heavy atom. The number of nitrogens with zero attached hydrogens (tertiary/aromatic N) is 1. The van der Waals surface area contributed by atoms with Crippen LogP contribution in [0, 0.1) is 5.92 Å². The standard InChI is InChI=1S/C12H22N2O/c1-2-11(9-6-4-3-5-7-9)14-8-10(13)12(14)15/h9-11H,2-8,13H2,1H3. The first-order valence-electron chi connectivity index (χ1n) is 6.30. The van der Waals surface area contributed by atoms with Crippen LogP contribution in [0.15, 0.2) is 0 Å². The van der Waals surface area contributed by atoms with Crippen molar-refractivity contribution in [1.29, 1.82) is 0 Å². The first kappa shape index (κ1) is 10.9. The number of carbonyl (C=O) groups excluding carboxylic acids is 1. The number of likely N-dealkylation sites (tertiary alicyclic amines) is 1. The van der Waals surface area contributed by atoms with Crippen LogP contribution in [-0.2, 0) is 4.79 Å². The zero-order chi connectivity index (χ0) is 10.8. The number of rotatable bonds is 3. The van der Waals surface area contributed by atoms with Crippen molar-refractivity contribution in [3.8, 4) is 0 Å². The van der Waals surface area contributed by atoms with Gasteiger partial charge in [-0.1, -0.05) is 26.2 Å². The lowest BCUT2D eigenvalue weighted by Gasteiger charge is -2.46. The molecule has 86 valence electrons. The first-order valence-corrected chi connectivity index (χ1v) is 6.30. The highest BCUT2D eigenvalue weighted by Gasteiger charge is 2.40. The van der Waals surface area contributed by atoms with Crippen LogP contribution in [0.3, 0.4) is 0 Å². The molecule has 0 spiro atoms. The second-order valence-corrected chi connectivity index (χ2v) is 4.97. The van der Waals surface area contributed by atoms with Gasteiger partial charge >= 0.3 is 0 Å². The van der Waals surface area contributed by atoms with Crippen LogP contribution in [0.2, 0.25) is 0 Å². The van der Waals surface area contributed by atoms with Gasteiger partial charge < -0.3 is 10.6 Å². The number of nitrogens with two attached hydrogens (primary N) is 1. The van der Waals surface area contributed by atoms with E-state index in [1.54, 1.807) is 0 Å². The fourth-order valence-electron chi connectivity index (χ4n) is 3.11. The average Bonchev–Trinajstić information content (AvgIpc) is 2.30. The van der Waals surface area contributed by atoms with Crippen LogP contribution >= 0.6 is 0 Å². The second kappa shape index (κ2) is 4.52. The zero-order valence-electron chi connectivity index (χ0n) is 9.61. The molecule has 2 fully saturated rings. The Balaban J connectivity index is 1.94. The lowest BCUT2D eigenvalue weighted by Crippen LogP contribution is -2.65. The third-order valence-electron chi connectivity index (χ3n) is 4.01. The first-order chi connectivity index (χ1) is 7.24. The molecular weight excluding hydrogens is 188 g/mol. The average molecular weight is 210 g/mol. The molecule has 2 rings (SSSR count). The van der Waals surface area contributed by atoms with Gasteiger partial charge in [-0.05, 0) is 25.2 Å². The predicted octanol–water partition coefficient (Wildman–Crippen LogP) is 1.51. The van der Waals surface area contributed by atoms with Gasteiger partial charge in [0.2, 0.25) is 5.91 Å². The van der Waals surface area contributed by atoms with E-state index < -0.39 is 0 Å². The van der Waals surface area contributed by atoms with Gasteiger partial charge in [0, 0.05) is 12.6 Å². The van der Waals surface area contributed by atoms with Gasteiger partial charge in [0.05, 0.1) is 0 Å². The van der Waals surface area contributed by atoms with Crippen LogP contribution in [0.1, 0.15) is 45.4 Å². The molecule has 1 amide bonds. The number of hydrogen-bond donors (Lipinski definition) is 1. The lowest BCUT2D eigenvalue weighted by molar-refractivity contribution is -0.147. The number of hydrogen-bond acceptors (Lipinski definition) is 2. The fraction of sp³-hybridized carbons (Fsp3) is 0.917. The van der Waals surface area contributed by atoms with Crippen molar-refractivity contribution in [3.63, 3.8) is 0 Å². The topological polar surface area (TPSA) is 46.3 Å². The maximum absolute atomic E-state index is 11.6. The maximum Gasteiger partial charge on any atom is 0.241 e. The highest BCUT2D eigenvalue weighted by Crippen LogP contribution is 2.32. The van der Waals surface area contributed by atoms with Crippen molar-refractivity contribution < 1.29 is 4.79 Å². The van der Waals surface area contributed by atoms with Crippen molar-refractivity contribution in [2.24, 2.45) is 11.7 Å². The molecule has 0 bridgehead atoms. The normalized spacial score (nSPS) is 30.1. The highest BCUT2D eigenvalue weighted by atomic mass is 16.2. The summed E-state index contributed by atoms with van der Waals surface area (Å²) in [6.45, 7) is 2.98. The third kappa shape index (κ3) is 2.03. The molecule has 2 aliphatic rings. The van der Waals surface area contributed by atoms with E-state index in [0.717, 1.165) is 18.9 Å². The molecule has 0 aromatic heterocycles. The molecule has 1 aliphatic heterocycles. The minimum absolute atomic E-state index is 0.174. The van der Waals surface area contributed by atoms with Crippen molar-refractivity contribution >= 4 is 5.91 Å². The Bertz CT molecular complexity index is 236. The molecule has 2 atom stereocenters. The summed E-state index contributed by atoms with van der Waals surface area (Å²) >= 11 is 0. The summed E-state index contributed by atoms with van der Waals surface area (Å²) in [5.41, 5.74) is 5.64. The van der Waals surface area contributed by atoms with E-state index in [-0.39, 0.29) is 11.9 Å². The van der Waals surface area contributed by atoms with Crippen LogP contribution in [0.5, 0.6) is 0 Å². The fourth-order valence-corrected chi connectivity index (χ4v) is 3.11. The van der Waals surface area contributed by atoms with E-state index in [4.69, 9.17) is 5.73 Å². The van der Waals surface area contributed by atoms with Crippen molar-refractivity contribution in [2.45, 2.75) is 57.5 Å². The van der Waals surface area contributed by atoms with E-state index in [1.807, 2.05) is 4.90 Å². The number of amides is 1. The van der Waals surface area contributed by atoms with Gasteiger partial charge in [0.15, 0.2) is 0 Å². The van der Waals surface area contributed by atoms with E-state index in [0.29, 0.717) is 6.04 Å². The summed E-state index contributed by atoms with van der Waals surface area (Å²) < 4.78 is 0. The highest BCUT2D eigenvalue weighted by molar-refractivity contribution is 5.88. The Morgan fingerprint density at radius 2 is 2.07 bits per heavy atom. The molecule has 1 saturated carbocycles. The summed E-state index contributed by atoms with van der Waals surface area (Å²) in [7, 11) is 0. The van der Waals surface area contributed by atoms with Gasteiger partial charge in [0.1, 0.15) is 6.04 Å². The molecule has 0 radical (unpaired) electrons. The quantitative estimate of drug-likeness (QED) is 0.718. The molecule has 1 heterocycles. The van der Waals surface area contributed by atoms with Crippen molar-refractivity contribution in [2.75, 3.05) is 6.54 Å². The summed E-state index contributed by atoms with van der Waals surface area (Å²) in [6.07, 6.45) is 7.75. The van der Waals surface area contributed by atoms with E-state index >= 15 is 0 Å². The molecule has 3 nitrogen and oxygen atoms in total. The van der Waals surface area contributed by atoms with Crippen LogP contribution in [0.4, 0.5) is 0 Å². The zero-order valence-corrected chi connectivity index (χ0v) is 9.61. The summed E-state index contributed by atoms with van der Waals surface area (Å²) in [5, 5.41) is 0. The molecule has 2 N–H and O–H groups in total. The Kier molecular flexibility index (Phi) is 3.29. The molecular formula is C12H22N2O. The summed E-state index contributed by atoms with van der Waals surface area (Å²) in [6, 6.07) is 0.264. The minimum Gasteiger partial charge on any atom is -0.336 e. The maximum atomic E-state index is 11.6. The summed E-state index contributed by atoms with van der Waals surface area (Å²) in [5.74, 6) is 0.910. The number of carbonyl (C=O) groups is 1. The van der Waals surface area contributed by atoms with Crippen LogP contribution in [-0.4, -0.2) is 29.4 Å². The predicted molar refractivity (Wildman–Crippen MR) is 60.3 cm³/mol. The third-order valence-corrected chi connectivity index (χ3v) is 4.01.